The molecule has 140 valence electrons. The summed E-state index contributed by atoms with van der Waals surface area (Å²) in [5.74, 6) is 0.947. The van der Waals surface area contributed by atoms with Crippen LogP contribution in [0.5, 0.6) is 0 Å². The fourth-order valence-corrected chi connectivity index (χ4v) is 3.91. The number of aromatic nitrogens is 2. The Bertz CT molecular complexity index is 882. The van der Waals surface area contributed by atoms with Crippen LogP contribution >= 0.6 is 0 Å². The highest BCUT2D eigenvalue weighted by molar-refractivity contribution is 5.94. The topological polar surface area (TPSA) is 61.0 Å². The predicted molar refractivity (Wildman–Crippen MR) is 108 cm³/mol. The number of carbonyl (C=O) groups excluding carboxylic acids is 1. The van der Waals surface area contributed by atoms with Gasteiger partial charge in [0.05, 0.1) is 11.0 Å². The summed E-state index contributed by atoms with van der Waals surface area (Å²) in [5, 5.41) is 3.09. The first-order valence-corrected chi connectivity index (χ1v) is 9.77. The van der Waals surface area contributed by atoms with Gasteiger partial charge >= 0.3 is 0 Å². The van der Waals surface area contributed by atoms with Gasteiger partial charge in [0.2, 0.25) is 0 Å². The van der Waals surface area contributed by atoms with Gasteiger partial charge in [0.25, 0.3) is 5.91 Å². The molecule has 5 heteroatoms. The molecule has 1 aromatic heterocycles. The van der Waals surface area contributed by atoms with E-state index in [0.717, 1.165) is 48.5 Å². The maximum absolute atomic E-state index is 12.4. The summed E-state index contributed by atoms with van der Waals surface area (Å²) in [7, 11) is 0. The van der Waals surface area contributed by atoms with Gasteiger partial charge in [0.15, 0.2) is 0 Å². The van der Waals surface area contributed by atoms with E-state index >= 15 is 0 Å². The Hall–Kier alpha value is -2.66. The number of para-hydroxylation sites is 2. The fraction of sp³-hybridized carbons (Fsp3) is 0.364. The number of nitrogens with one attached hydrogen (secondary N) is 2. The number of imidazole rings is 1. The number of likely N-dealkylation sites (tertiary alicyclic amines) is 1. The molecule has 1 saturated heterocycles. The molecule has 27 heavy (non-hydrogen) atoms. The highest BCUT2D eigenvalue weighted by Gasteiger charge is 2.23. The van der Waals surface area contributed by atoms with E-state index in [1.165, 1.54) is 12.8 Å². The normalized spacial score (nSPS) is 17.4. The van der Waals surface area contributed by atoms with Crippen LogP contribution in [0.4, 0.5) is 0 Å². The smallest absolute Gasteiger partial charge is 0.251 e. The Balaban J connectivity index is 1.36. The summed E-state index contributed by atoms with van der Waals surface area (Å²) in [5.41, 5.74) is 3.89. The number of likely N-dealkylation sites (N-methyl/N-ethyl adjacent to an activating group) is 1. The first-order valence-electron chi connectivity index (χ1n) is 9.77. The quantitative estimate of drug-likeness (QED) is 0.707. The van der Waals surface area contributed by atoms with Crippen molar-refractivity contribution in [2.24, 2.45) is 0 Å². The summed E-state index contributed by atoms with van der Waals surface area (Å²) in [4.78, 5) is 22.8. The van der Waals surface area contributed by atoms with Crippen LogP contribution in [0, 0.1) is 0 Å². The standard InChI is InChI=1S/C22H26N4O/c1-2-26-13-5-6-18(26)15-23-22(27)17-11-9-16(10-12-17)14-21-24-19-7-3-4-8-20(19)25-21/h3-4,7-12,18H,2,5-6,13-15H2,1H3,(H,23,27)(H,24,25). The second-order valence-electron chi connectivity index (χ2n) is 7.21. The molecule has 1 amide bonds. The number of nitrogens with zero attached hydrogens (tertiary/aromatic N) is 2. The molecule has 0 aliphatic carbocycles. The fourth-order valence-electron chi connectivity index (χ4n) is 3.91. The van der Waals surface area contributed by atoms with Gasteiger partial charge in [-0.2, -0.15) is 0 Å². The van der Waals surface area contributed by atoms with Crippen molar-refractivity contribution in [2.75, 3.05) is 19.6 Å². The molecule has 1 atom stereocenters. The largest absolute Gasteiger partial charge is 0.350 e. The van der Waals surface area contributed by atoms with E-state index in [1.54, 1.807) is 0 Å². The van der Waals surface area contributed by atoms with E-state index in [0.29, 0.717) is 11.6 Å². The number of hydrogen-bond donors (Lipinski definition) is 2. The zero-order chi connectivity index (χ0) is 18.6. The van der Waals surface area contributed by atoms with E-state index in [-0.39, 0.29) is 5.91 Å². The Morgan fingerprint density at radius 3 is 2.81 bits per heavy atom. The summed E-state index contributed by atoms with van der Waals surface area (Å²) in [6.45, 7) is 5.11. The minimum Gasteiger partial charge on any atom is -0.350 e. The number of fused-ring (bicyclic) bond motifs is 1. The lowest BCUT2D eigenvalue weighted by Gasteiger charge is -2.22. The molecule has 1 aliphatic rings. The SMILES string of the molecule is CCN1CCCC1CNC(=O)c1ccc(Cc2nc3ccccc3[nH]2)cc1. The molecule has 1 fully saturated rings. The number of H-pyrrole nitrogens is 1. The lowest BCUT2D eigenvalue weighted by Crippen LogP contribution is -2.40. The van der Waals surface area contributed by atoms with Crippen molar-refractivity contribution in [1.29, 1.82) is 0 Å². The molecular weight excluding hydrogens is 336 g/mol. The summed E-state index contributed by atoms with van der Waals surface area (Å²) >= 11 is 0. The minimum atomic E-state index is 0.00763. The number of amides is 1. The average Bonchev–Trinajstić information content (AvgIpc) is 3.32. The van der Waals surface area contributed by atoms with Crippen LogP contribution in [0.1, 0.15) is 41.5 Å². The predicted octanol–water partition coefficient (Wildman–Crippen LogP) is 3.37. The highest BCUT2D eigenvalue weighted by Crippen LogP contribution is 2.16. The molecule has 0 bridgehead atoms. The lowest BCUT2D eigenvalue weighted by atomic mass is 10.1. The van der Waals surface area contributed by atoms with Crippen LogP contribution in [0.25, 0.3) is 11.0 Å². The zero-order valence-corrected chi connectivity index (χ0v) is 15.7. The van der Waals surface area contributed by atoms with Gasteiger partial charge in [0.1, 0.15) is 5.82 Å². The van der Waals surface area contributed by atoms with Crippen LogP contribution in [-0.2, 0) is 6.42 Å². The third kappa shape index (κ3) is 4.03. The van der Waals surface area contributed by atoms with Crippen molar-refractivity contribution in [3.05, 3.63) is 65.5 Å². The van der Waals surface area contributed by atoms with E-state index in [1.807, 2.05) is 48.5 Å². The molecule has 4 rings (SSSR count). The lowest BCUT2D eigenvalue weighted by molar-refractivity contribution is 0.0941. The zero-order valence-electron chi connectivity index (χ0n) is 15.7. The number of rotatable bonds is 6. The van der Waals surface area contributed by atoms with Crippen LogP contribution in [0.15, 0.2) is 48.5 Å². The molecule has 0 spiro atoms. The Kier molecular flexibility index (Phi) is 5.21. The van der Waals surface area contributed by atoms with Crippen LogP contribution in [-0.4, -0.2) is 46.5 Å². The molecule has 2 heterocycles. The number of carbonyl (C=O) groups is 1. The van der Waals surface area contributed by atoms with Gasteiger partial charge in [-0.3, -0.25) is 9.69 Å². The third-order valence-electron chi connectivity index (χ3n) is 5.43. The van der Waals surface area contributed by atoms with Gasteiger partial charge < -0.3 is 10.3 Å². The molecule has 1 unspecified atom stereocenters. The summed E-state index contributed by atoms with van der Waals surface area (Å²) in [6.07, 6.45) is 3.12. The molecular formula is C22H26N4O. The monoisotopic (exact) mass is 362 g/mol. The maximum Gasteiger partial charge on any atom is 0.251 e. The van der Waals surface area contributed by atoms with E-state index in [4.69, 9.17) is 0 Å². The maximum atomic E-state index is 12.4. The van der Waals surface area contributed by atoms with Crippen molar-refractivity contribution in [1.82, 2.24) is 20.2 Å². The van der Waals surface area contributed by atoms with E-state index in [2.05, 4.69) is 27.1 Å². The number of aromatic amines is 1. The third-order valence-corrected chi connectivity index (χ3v) is 5.43. The van der Waals surface area contributed by atoms with Gasteiger partial charge in [0, 0.05) is 24.6 Å². The van der Waals surface area contributed by atoms with Crippen molar-refractivity contribution >= 4 is 16.9 Å². The van der Waals surface area contributed by atoms with Crippen molar-refractivity contribution in [3.8, 4) is 0 Å². The Morgan fingerprint density at radius 1 is 1.22 bits per heavy atom. The van der Waals surface area contributed by atoms with Crippen molar-refractivity contribution in [3.63, 3.8) is 0 Å². The molecule has 2 aromatic carbocycles. The molecule has 0 radical (unpaired) electrons. The molecule has 3 aromatic rings. The Labute approximate surface area is 159 Å². The van der Waals surface area contributed by atoms with Gasteiger partial charge in [-0.05, 0) is 55.8 Å². The van der Waals surface area contributed by atoms with E-state index < -0.39 is 0 Å². The number of benzene rings is 2. The van der Waals surface area contributed by atoms with Crippen molar-refractivity contribution in [2.45, 2.75) is 32.2 Å². The molecule has 1 aliphatic heterocycles. The average molecular weight is 362 g/mol. The van der Waals surface area contributed by atoms with Gasteiger partial charge in [-0.25, -0.2) is 4.98 Å². The van der Waals surface area contributed by atoms with Gasteiger partial charge in [-0.15, -0.1) is 0 Å². The summed E-state index contributed by atoms with van der Waals surface area (Å²) in [6, 6.07) is 16.3. The van der Waals surface area contributed by atoms with Crippen LogP contribution < -0.4 is 5.32 Å². The first kappa shape index (κ1) is 17.7. The number of hydrogen-bond acceptors (Lipinski definition) is 3. The first-order chi connectivity index (χ1) is 13.2. The second kappa shape index (κ2) is 7.92. The van der Waals surface area contributed by atoms with Crippen LogP contribution in [0.3, 0.4) is 0 Å². The molecule has 2 N–H and O–H groups in total. The van der Waals surface area contributed by atoms with Gasteiger partial charge in [-0.1, -0.05) is 31.2 Å². The van der Waals surface area contributed by atoms with Crippen LogP contribution in [0.2, 0.25) is 0 Å². The minimum absolute atomic E-state index is 0.00763. The van der Waals surface area contributed by atoms with Crippen molar-refractivity contribution < 1.29 is 4.79 Å². The molecule has 5 nitrogen and oxygen atoms in total. The molecule has 0 saturated carbocycles. The second-order valence-corrected chi connectivity index (χ2v) is 7.21. The van der Waals surface area contributed by atoms with E-state index in [9.17, 15) is 4.79 Å². The summed E-state index contributed by atoms with van der Waals surface area (Å²) < 4.78 is 0. The highest BCUT2D eigenvalue weighted by atomic mass is 16.1. The Morgan fingerprint density at radius 2 is 2.04 bits per heavy atom.